The third-order valence-electron chi connectivity index (χ3n) is 7.51. The van der Waals surface area contributed by atoms with Crippen LogP contribution >= 0.6 is 0 Å². The lowest BCUT2D eigenvalue weighted by atomic mass is 9.83. The molecule has 4 aliphatic rings. The van der Waals surface area contributed by atoms with Gasteiger partial charge in [-0.25, -0.2) is 0 Å². The van der Waals surface area contributed by atoms with Gasteiger partial charge >= 0.3 is 5.97 Å². The van der Waals surface area contributed by atoms with Gasteiger partial charge in [-0.1, -0.05) is 48.5 Å². The van der Waals surface area contributed by atoms with Gasteiger partial charge in [0.1, 0.15) is 13.1 Å². The van der Waals surface area contributed by atoms with Gasteiger partial charge in [0.15, 0.2) is 6.10 Å². The molecule has 4 fully saturated rings. The monoisotopic (exact) mass is 513 g/mol. The van der Waals surface area contributed by atoms with Crippen molar-refractivity contribution in [3.8, 4) is 0 Å². The van der Waals surface area contributed by atoms with E-state index in [9.17, 15) is 14.4 Å². The second kappa shape index (κ2) is 12.4. The van der Waals surface area contributed by atoms with Crippen LogP contribution in [0.5, 0.6) is 0 Å². The fraction of sp³-hybridized carbons (Fsp3) is 0.464. The molecule has 1 atom stereocenters. The summed E-state index contributed by atoms with van der Waals surface area (Å²) in [6, 6.07) is 19.5. The molecule has 0 spiro atoms. The van der Waals surface area contributed by atoms with E-state index in [2.05, 4.69) is 4.90 Å². The molecule has 8 heteroatoms. The first kappa shape index (κ1) is 27.7. The van der Waals surface area contributed by atoms with Crippen molar-refractivity contribution in [2.24, 2.45) is 5.92 Å². The topological polar surface area (TPSA) is 66.9 Å². The molecule has 4 heterocycles. The van der Waals surface area contributed by atoms with E-state index in [0.717, 1.165) is 61.3 Å². The molecule has 2 aromatic rings. The van der Waals surface area contributed by atoms with E-state index >= 15 is 0 Å². The molecule has 2 bridgehead atoms. The summed E-state index contributed by atoms with van der Waals surface area (Å²) in [5.41, 5.74) is 1.91. The molecule has 0 N–H and O–H groups in total. The van der Waals surface area contributed by atoms with Crippen LogP contribution in [0.1, 0.15) is 30.1 Å². The normalized spacial score (nSPS) is 24.8. The lowest BCUT2D eigenvalue weighted by Gasteiger charge is -2.51. The van der Waals surface area contributed by atoms with Crippen LogP contribution in [0.2, 0.25) is 0 Å². The van der Waals surface area contributed by atoms with Crippen molar-refractivity contribution < 1.29 is 36.0 Å². The third kappa shape index (κ3) is 6.86. The van der Waals surface area contributed by atoms with Crippen LogP contribution in [0.3, 0.4) is 0 Å². The quantitative estimate of drug-likeness (QED) is 0.320. The summed E-state index contributed by atoms with van der Waals surface area (Å²) >= 11 is 0. The summed E-state index contributed by atoms with van der Waals surface area (Å²) in [5, 5.41) is 0. The number of rotatable bonds is 5. The van der Waals surface area contributed by atoms with E-state index in [0.29, 0.717) is 19.0 Å². The smallest absolute Gasteiger partial charge is 0.303 e. The minimum absolute atomic E-state index is 0. The number of piperidine rings is 3. The lowest BCUT2D eigenvalue weighted by molar-refractivity contribution is -0.938. The summed E-state index contributed by atoms with van der Waals surface area (Å²) < 4.78 is 6.25. The Morgan fingerprint density at radius 1 is 0.972 bits per heavy atom. The standard InChI is InChI=1S/C17H22NO3.C11H14N2O.ClH/c1-13(19)21-17-12-18(9-7-15(17)8-10-18)11-16(20)14-5-3-2-4-6-14;1-12-7-8-13(9-11(12)14)10-5-3-2-4-6-10;/h2-6,15,17H,7-12H2,1H3;2-6H,7-9H2,1H3;1H/q+1;;/p-1/t15?,17-,18?;;/m0../s1. The molecule has 0 saturated carbocycles. The molecule has 0 radical (unpaired) electrons. The van der Waals surface area contributed by atoms with Crippen LogP contribution in [0.15, 0.2) is 60.7 Å². The van der Waals surface area contributed by atoms with Crippen LogP contribution in [0.4, 0.5) is 5.69 Å². The number of carbonyl (C=O) groups excluding carboxylic acids is 3. The number of quaternary nitrogens is 1. The van der Waals surface area contributed by atoms with Crippen molar-refractivity contribution >= 4 is 23.3 Å². The number of nitrogens with zero attached hydrogens (tertiary/aromatic N) is 3. The summed E-state index contributed by atoms with van der Waals surface area (Å²) in [4.78, 5) is 39.1. The molecule has 2 aromatic carbocycles. The molecule has 36 heavy (non-hydrogen) atoms. The number of ether oxygens (including phenoxy) is 1. The second-order valence-corrected chi connectivity index (χ2v) is 9.98. The SMILES string of the molecule is CC(=O)O[C@H]1C[N+]2(CC(=O)c3ccccc3)CCC1CC2.CN1CCN(c2ccccc2)CC1=O.[Cl-]. The minimum atomic E-state index is -0.207. The highest BCUT2D eigenvalue weighted by atomic mass is 35.5. The zero-order chi connectivity index (χ0) is 24.8. The van der Waals surface area contributed by atoms with Gasteiger partial charge in [-0.15, -0.1) is 0 Å². The van der Waals surface area contributed by atoms with Gasteiger partial charge in [0.2, 0.25) is 11.7 Å². The predicted octanol–water partition coefficient (Wildman–Crippen LogP) is 0.0104. The van der Waals surface area contributed by atoms with Crippen molar-refractivity contribution in [2.45, 2.75) is 25.9 Å². The van der Waals surface area contributed by atoms with E-state index in [1.807, 2.05) is 67.7 Å². The number of anilines is 1. The van der Waals surface area contributed by atoms with Gasteiger partial charge in [-0.05, 0) is 12.1 Å². The molecule has 4 saturated heterocycles. The molecular weight excluding hydrogens is 478 g/mol. The highest BCUT2D eigenvalue weighted by Crippen LogP contribution is 2.35. The van der Waals surface area contributed by atoms with Gasteiger partial charge in [0.25, 0.3) is 0 Å². The molecule has 7 nitrogen and oxygen atoms in total. The lowest BCUT2D eigenvalue weighted by Crippen LogP contribution is -3.00. The minimum Gasteiger partial charge on any atom is -1.00 e. The number of esters is 1. The van der Waals surface area contributed by atoms with Gasteiger partial charge in [0, 0.05) is 57.1 Å². The first-order chi connectivity index (χ1) is 16.8. The molecule has 0 aromatic heterocycles. The number of benzene rings is 2. The maximum absolute atomic E-state index is 12.5. The Morgan fingerprint density at radius 2 is 1.58 bits per heavy atom. The van der Waals surface area contributed by atoms with Crippen molar-refractivity contribution in [1.82, 2.24) is 4.90 Å². The number of fused-ring (bicyclic) bond motifs is 3. The average molecular weight is 514 g/mol. The zero-order valence-electron chi connectivity index (χ0n) is 21.1. The number of hydrogen-bond acceptors (Lipinski definition) is 5. The summed E-state index contributed by atoms with van der Waals surface area (Å²) in [7, 11) is 1.85. The highest BCUT2D eigenvalue weighted by molar-refractivity contribution is 5.97. The second-order valence-electron chi connectivity index (χ2n) is 9.98. The van der Waals surface area contributed by atoms with Crippen LogP contribution in [0, 0.1) is 5.92 Å². The molecule has 0 unspecified atom stereocenters. The first-order valence-corrected chi connectivity index (χ1v) is 12.5. The van der Waals surface area contributed by atoms with E-state index in [1.54, 1.807) is 4.90 Å². The van der Waals surface area contributed by atoms with E-state index < -0.39 is 0 Å². The number of Topliss-reactive ketones (excluding diaryl/α,β-unsaturated/α-hetero) is 1. The summed E-state index contributed by atoms with van der Waals surface area (Å²) in [6.45, 7) is 7.08. The van der Waals surface area contributed by atoms with Crippen LogP contribution in [0.25, 0.3) is 0 Å². The first-order valence-electron chi connectivity index (χ1n) is 12.5. The molecule has 4 aliphatic heterocycles. The Hall–Kier alpha value is -2.90. The Balaban J connectivity index is 0.000000210. The van der Waals surface area contributed by atoms with Crippen LogP contribution in [-0.2, 0) is 14.3 Å². The molecule has 6 rings (SSSR count). The van der Waals surface area contributed by atoms with Gasteiger partial charge in [-0.3, -0.25) is 14.4 Å². The number of carbonyl (C=O) groups is 3. The van der Waals surface area contributed by atoms with Crippen molar-refractivity contribution in [3.63, 3.8) is 0 Å². The number of halogens is 1. The highest BCUT2D eigenvalue weighted by Gasteiger charge is 2.48. The Morgan fingerprint density at radius 3 is 2.17 bits per heavy atom. The van der Waals surface area contributed by atoms with Crippen molar-refractivity contribution in [3.05, 3.63) is 66.2 Å². The zero-order valence-corrected chi connectivity index (χ0v) is 21.9. The summed E-state index contributed by atoms with van der Waals surface area (Å²) in [6.07, 6.45) is 2.11. The largest absolute Gasteiger partial charge is 1.00 e. The molecular formula is C28H36ClN3O4. The summed E-state index contributed by atoms with van der Waals surface area (Å²) in [5.74, 6) is 0.666. The Labute approximate surface area is 220 Å². The number of ketones is 1. The Kier molecular flexibility index (Phi) is 9.51. The van der Waals surface area contributed by atoms with Crippen molar-refractivity contribution in [2.75, 3.05) is 57.8 Å². The Bertz CT molecular complexity index is 1030. The number of amides is 1. The molecule has 0 aliphatic carbocycles. The van der Waals surface area contributed by atoms with Crippen LogP contribution < -0.4 is 17.3 Å². The maximum atomic E-state index is 12.5. The third-order valence-corrected chi connectivity index (χ3v) is 7.51. The van der Waals surface area contributed by atoms with Crippen LogP contribution in [-0.4, -0.2) is 86.0 Å². The van der Waals surface area contributed by atoms with E-state index in [4.69, 9.17) is 4.74 Å². The average Bonchev–Trinajstić information content (AvgIpc) is 2.87. The van der Waals surface area contributed by atoms with Crippen molar-refractivity contribution in [1.29, 1.82) is 0 Å². The molecule has 1 amide bonds. The number of likely N-dealkylation sites (N-methyl/N-ethyl adjacent to an activating group) is 1. The maximum Gasteiger partial charge on any atom is 0.303 e. The van der Waals surface area contributed by atoms with E-state index in [-0.39, 0.29) is 36.2 Å². The van der Waals surface area contributed by atoms with Gasteiger partial charge < -0.3 is 31.4 Å². The number of para-hydroxylation sites is 1. The fourth-order valence-electron chi connectivity index (χ4n) is 5.43. The van der Waals surface area contributed by atoms with Gasteiger partial charge in [-0.2, -0.15) is 0 Å². The number of hydrogen-bond donors (Lipinski definition) is 0. The number of piperazine rings is 1. The van der Waals surface area contributed by atoms with Gasteiger partial charge in [0.05, 0.1) is 19.6 Å². The molecule has 194 valence electrons. The predicted molar refractivity (Wildman–Crippen MR) is 135 cm³/mol. The van der Waals surface area contributed by atoms with E-state index in [1.165, 1.54) is 6.92 Å². The fourth-order valence-corrected chi connectivity index (χ4v) is 5.43.